The molecule has 2 aliphatic rings. The standard InChI is InChI=1S/C22H35N3O2/c1-4-27-19-16-22(23,21(19,2)3)20(26)24-18-11-14-25(15-12-18)13-10-17-8-6-5-7-9-17/h5-9,18-19H,4,10-16,23H2,1-3H3,(H,24,26). The lowest BCUT2D eigenvalue weighted by atomic mass is 9.54. The van der Waals surface area contributed by atoms with Crippen molar-refractivity contribution in [3.05, 3.63) is 35.9 Å². The monoisotopic (exact) mass is 373 g/mol. The van der Waals surface area contributed by atoms with Crippen LogP contribution in [0, 0.1) is 5.41 Å². The number of nitrogens with zero attached hydrogens (tertiary/aromatic N) is 1. The second-order valence-electron chi connectivity index (χ2n) is 8.67. The van der Waals surface area contributed by atoms with Gasteiger partial charge in [0.05, 0.1) is 6.10 Å². The van der Waals surface area contributed by atoms with Crippen molar-refractivity contribution in [2.24, 2.45) is 11.1 Å². The number of hydrogen-bond donors (Lipinski definition) is 2. The van der Waals surface area contributed by atoms with Gasteiger partial charge in [-0.25, -0.2) is 0 Å². The fourth-order valence-corrected chi connectivity index (χ4v) is 4.37. The van der Waals surface area contributed by atoms with Gasteiger partial charge in [-0.05, 0) is 31.7 Å². The molecule has 150 valence electrons. The Bertz CT molecular complexity index is 626. The number of rotatable bonds is 7. The molecule has 27 heavy (non-hydrogen) atoms. The molecule has 1 aliphatic heterocycles. The highest BCUT2D eigenvalue weighted by molar-refractivity contribution is 5.89. The van der Waals surface area contributed by atoms with Crippen LogP contribution in [0.3, 0.4) is 0 Å². The summed E-state index contributed by atoms with van der Waals surface area (Å²) in [7, 11) is 0. The van der Waals surface area contributed by atoms with Crippen molar-refractivity contribution in [2.75, 3.05) is 26.2 Å². The summed E-state index contributed by atoms with van der Waals surface area (Å²) in [6.07, 6.45) is 3.74. The van der Waals surface area contributed by atoms with Crippen LogP contribution in [0.2, 0.25) is 0 Å². The number of hydrogen-bond acceptors (Lipinski definition) is 4. The van der Waals surface area contributed by atoms with Crippen molar-refractivity contribution in [3.63, 3.8) is 0 Å². The van der Waals surface area contributed by atoms with Crippen LogP contribution in [-0.4, -0.2) is 54.7 Å². The predicted octanol–water partition coefficient (Wildman–Crippen LogP) is 2.34. The van der Waals surface area contributed by atoms with E-state index >= 15 is 0 Å². The van der Waals surface area contributed by atoms with Crippen LogP contribution >= 0.6 is 0 Å². The summed E-state index contributed by atoms with van der Waals surface area (Å²) in [6.45, 7) is 9.87. The molecule has 0 aromatic heterocycles. The van der Waals surface area contributed by atoms with E-state index in [1.807, 2.05) is 20.8 Å². The van der Waals surface area contributed by atoms with Gasteiger partial charge in [0.2, 0.25) is 5.91 Å². The van der Waals surface area contributed by atoms with Gasteiger partial charge in [0.1, 0.15) is 5.54 Å². The van der Waals surface area contributed by atoms with Crippen molar-refractivity contribution >= 4 is 5.91 Å². The number of carbonyl (C=O) groups excluding carboxylic acids is 1. The van der Waals surface area contributed by atoms with Crippen molar-refractivity contribution in [2.45, 2.75) is 64.1 Å². The topological polar surface area (TPSA) is 67.6 Å². The second kappa shape index (κ2) is 8.29. The van der Waals surface area contributed by atoms with E-state index in [4.69, 9.17) is 10.5 Å². The Hall–Kier alpha value is -1.43. The Morgan fingerprint density at radius 3 is 2.52 bits per heavy atom. The molecule has 5 nitrogen and oxygen atoms in total. The molecule has 1 aromatic carbocycles. The molecule has 5 heteroatoms. The van der Waals surface area contributed by atoms with Gasteiger partial charge in [0.25, 0.3) is 0 Å². The van der Waals surface area contributed by atoms with Crippen LogP contribution in [-0.2, 0) is 16.0 Å². The van der Waals surface area contributed by atoms with E-state index in [1.54, 1.807) is 0 Å². The largest absolute Gasteiger partial charge is 0.378 e. The summed E-state index contributed by atoms with van der Waals surface area (Å²) >= 11 is 0. The molecule has 1 heterocycles. The molecule has 0 spiro atoms. The number of benzene rings is 1. The fraction of sp³-hybridized carbons (Fsp3) is 0.682. The number of nitrogens with one attached hydrogen (secondary N) is 1. The number of piperidine rings is 1. The maximum atomic E-state index is 12.9. The van der Waals surface area contributed by atoms with Gasteiger partial charge in [-0.2, -0.15) is 0 Å². The molecule has 1 aliphatic carbocycles. The van der Waals surface area contributed by atoms with Crippen LogP contribution in [0.15, 0.2) is 30.3 Å². The van der Waals surface area contributed by atoms with E-state index in [-0.39, 0.29) is 23.5 Å². The summed E-state index contributed by atoms with van der Waals surface area (Å²) in [5, 5.41) is 3.23. The predicted molar refractivity (Wildman–Crippen MR) is 108 cm³/mol. The van der Waals surface area contributed by atoms with Gasteiger partial charge in [-0.15, -0.1) is 0 Å². The molecule has 0 radical (unpaired) electrons. The van der Waals surface area contributed by atoms with E-state index < -0.39 is 5.54 Å². The van der Waals surface area contributed by atoms with E-state index in [1.165, 1.54) is 5.56 Å². The maximum Gasteiger partial charge on any atom is 0.241 e. The number of carbonyl (C=O) groups is 1. The Kier molecular flexibility index (Phi) is 6.24. The molecule has 2 unspecified atom stereocenters. The molecular weight excluding hydrogens is 338 g/mol. The zero-order valence-corrected chi connectivity index (χ0v) is 17.0. The maximum absolute atomic E-state index is 12.9. The zero-order valence-electron chi connectivity index (χ0n) is 17.0. The summed E-state index contributed by atoms with van der Waals surface area (Å²) in [5.41, 5.74) is 6.73. The smallest absolute Gasteiger partial charge is 0.241 e. The van der Waals surface area contributed by atoms with Gasteiger partial charge in [0, 0.05) is 44.1 Å². The molecule has 1 saturated carbocycles. The lowest BCUT2D eigenvalue weighted by Gasteiger charge is -2.57. The van der Waals surface area contributed by atoms with E-state index in [0.29, 0.717) is 13.0 Å². The summed E-state index contributed by atoms with van der Waals surface area (Å²) in [5.74, 6) is -0.00816. The van der Waals surface area contributed by atoms with Crippen molar-refractivity contribution in [3.8, 4) is 0 Å². The summed E-state index contributed by atoms with van der Waals surface area (Å²) < 4.78 is 5.74. The number of nitrogens with two attached hydrogens (primary N) is 1. The SMILES string of the molecule is CCOC1CC(N)(C(=O)NC2CCN(CCc3ccccc3)CC2)C1(C)C. The highest BCUT2D eigenvalue weighted by Crippen LogP contribution is 2.49. The van der Waals surface area contributed by atoms with Gasteiger partial charge >= 0.3 is 0 Å². The molecule has 1 aromatic rings. The molecule has 1 saturated heterocycles. The summed E-state index contributed by atoms with van der Waals surface area (Å²) in [6, 6.07) is 10.8. The van der Waals surface area contributed by atoms with Crippen molar-refractivity contribution in [1.29, 1.82) is 0 Å². The van der Waals surface area contributed by atoms with Crippen LogP contribution in [0.5, 0.6) is 0 Å². The molecule has 1 amide bonds. The van der Waals surface area contributed by atoms with E-state index in [9.17, 15) is 4.79 Å². The Morgan fingerprint density at radius 2 is 1.93 bits per heavy atom. The number of ether oxygens (including phenoxy) is 1. The highest BCUT2D eigenvalue weighted by Gasteiger charge is 2.63. The Morgan fingerprint density at radius 1 is 1.26 bits per heavy atom. The minimum Gasteiger partial charge on any atom is -0.378 e. The minimum absolute atomic E-state index is 0.00816. The Labute approximate surface area is 163 Å². The quantitative estimate of drug-likeness (QED) is 0.770. The van der Waals surface area contributed by atoms with Crippen molar-refractivity contribution in [1.82, 2.24) is 10.2 Å². The minimum atomic E-state index is -0.822. The second-order valence-corrected chi connectivity index (χ2v) is 8.67. The normalized spacial score (nSPS) is 28.5. The van der Waals surface area contributed by atoms with E-state index in [0.717, 1.165) is 38.9 Å². The number of amides is 1. The average molecular weight is 374 g/mol. The highest BCUT2D eigenvalue weighted by atomic mass is 16.5. The lowest BCUT2D eigenvalue weighted by Crippen LogP contribution is -2.76. The molecule has 3 N–H and O–H groups in total. The fourth-order valence-electron chi connectivity index (χ4n) is 4.37. The third-order valence-electron chi connectivity index (χ3n) is 6.72. The third kappa shape index (κ3) is 4.20. The van der Waals surface area contributed by atoms with Gasteiger partial charge in [0.15, 0.2) is 0 Å². The van der Waals surface area contributed by atoms with Gasteiger partial charge < -0.3 is 20.7 Å². The summed E-state index contributed by atoms with van der Waals surface area (Å²) in [4.78, 5) is 15.4. The molecule has 0 bridgehead atoms. The Balaban J connectivity index is 1.43. The van der Waals surface area contributed by atoms with Crippen LogP contribution in [0.4, 0.5) is 0 Å². The van der Waals surface area contributed by atoms with Crippen molar-refractivity contribution < 1.29 is 9.53 Å². The van der Waals surface area contributed by atoms with E-state index in [2.05, 4.69) is 40.5 Å². The average Bonchev–Trinajstić information content (AvgIpc) is 2.68. The molecule has 2 atom stereocenters. The first kappa shape index (κ1) is 20.3. The molecular formula is C22H35N3O2. The molecule has 3 rings (SSSR count). The van der Waals surface area contributed by atoms with Crippen LogP contribution in [0.1, 0.15) is 45.6 Å². The van der Waals surface area contributed by atoms with Crippen LogP contribution in [0.25, 0.3) is 0 Å². The van der Waals surface area contributed by atoms with Crippen LogP contribution < -0.4 is 11.1 Å². The molecule has 2 fully saturated rings. The number of likely N-dealkylation sites (tertiary alicyclic amines) is 1. The zero-order chi connectivity index (χ0) is 19.5. The lowest BCUT2D eigenvalue weighted by molar-refractivity contribution is -0.171. The van der Waals surface area contributed by atoms with Gasteiger partial charge in [-0.3, -0.25) is 4.79 Å². The third-order valence-corrected chi connectivity index (χ3v) is 6.72. The first-order valence-corrected chi connectivity index (χ1v) is 10.3. The first-order chi connectivity index (χ1) is 12.9. The first-order valence-electron chi connectivity index (χ1n) is 10.3. The van der Waals surface area contributed by atoms with Gasteiger partial charge in [-0.1, -0.05) is 44.2 Å².